The lowest BCUT2D eigenvalue weighted by Gasteiger charge is -2.14. The molecule has 38 heavy (non-hydrogen) atoms. The summed E-state index contributed by atoms with van der Waals surface area (Å²) in [4.78, 5) is 26.8. The van der Waals surface area contributed by atoms with Gasteiger partial charge in [-0.25, -0.2) is 0 Å². The van der Waals surface area contributed by atoms with Crippen LogP contribution in [0.3, 0.4) is 0 Å². The van der Waals surface area contributed by atoms with E-state index in [4.69, 9.17) is 0 Å². The van der Waals surface area contributed by atoms with Crippen LogP contribution in [0.5, 0.6) is 5.75 Å². The first-order chi connectivity index (χ1) is 18.0. The second-order valence-corrected chi connectivity index (χ2v) is 11.9. The van der Waals surface area contributed by atoms with Crippen molar-refractivity contribution in [1.82, 2.24) is 4.57 Å². The topological polar surface area (TPSA) is 48.3 Å². The Bertz CT molecular complexity index is 1680. The van der Waals surface area contributed by atoms with Crippen molar-refractivity contribution in [2.24, 2.45) is 5.41 Å². The second kappa shape index (κ2) is 11.3. The van der Waals surface area contributed by atoms with Crippen molar-refractivity contribution in [2.45, 2.75) is 47.3 Å². The van der Waals surface area contributed by atoms with E-state index in [2.05, 4.69) is 39.7 Å². The summed E-state index contributed by atoms with van der Waals surface area (Å²) in [5.74, 6) is -0.106. The summed E-state index contributed by atoms with van der Waals surface area (Å²) in [6.07, 6.45) is 3.96. The molecule has 4 nitrogen and oxygen atoms in total. The molecule has 4 rings (SSSR count). The third-order valence-electron chi connectivity index (χ3n) is 6.24. The van der Waals surface area contributed by atoms with E-state index in [1.54, 1.807) is 16.7 Å². The van der Waals surface area contributed by atoms with Crippen LogP contribution in [0.15, 0.2) is 63.9 Å². The molecule has 0 spiro atoms. The van der Waals surface area contributed by atoms with Gasteiger partial charge in [0, 0.05) is 16.0 Å². The molecule has 0 saturated carbocycles. The van der Waals surface area contributed by atoms with Crippen LogP contribution in [0.2, 0.25) is 0 Å². The highest BCUT2D eigenvalue weighted by molar-refractivity contribution is 9.10. The van der Waals surface area contributed by atoms with E-state index in [0.29, 0.717) is 25.8 Å². The third-order valence-corrected chi connectivity index (χ3v) is 8.03. The van der Waals surface area contributed by atoms with Gasteiger partial charge in [-0.1, -0.05) is 80.0 Å². The van der Waals surface area contributed by atoms with Crippen LogP contribution >= 0.6 is 27.3 Å². The molecule has 1 aromatic heterocycles. The van der Waals surface area contributed by atoms with E-state index < -0.39 is 12.0 Å². The zero-order chi connectivity index (χ0) is 27.6. The zero-order valence-corrected chi connectivity index (χ0v) is 24.0. The van der Waals surface area contributed by atoms with Gasteiger partial charge in [-0.05, 0) is 58.2 Å². The SMILES string of the molecule is CCc1ccc2ccccc2c1Cn1c(=O)/c(=C\c2cc(OC(F)F)ccc2Br)s/c1=C\C(=O)C(C)(C)C. The summed E-state index contributed by atoms with van der Waals surface area (Å²) in [6.45, 7) is 4.92. The molecule has 0 atom stereocenters. The van der Waals surface area contributed by atoms with Crippen LogP contribution in [0.1, 0.15) is 44.4 Å². The minimum absolute atomic E-state index is 0.00984. The molecule has 0 bridgehead atoms. The Kier molecular flexibility index (Phi) is 8.33. The van der Waals surface area contributed by atoms with Crippen molar-refractivity contribution in [2.75, 3.05) is 0 Å². The number of Topliss-reactive ketones (excluding diaryl/α,β-unsaturated/α-hetero) is 1. The molecule has 0 amide bonds. The Morgan fingerprint density at radius 3 is 2.55 bits per heavy atom. The summed E-state index contributed by atoms with van der Waals surface area (Å²) in [6, 6.07) is 16.7. The first-order valence-electron chi connectivity index (χ1n) is 12.2. The number of fused-ring (bicyclic) bond motifs is 1. The first-order valence-corrected chi connectivity index (χ1v) is 13.8. The third kappa shape index (κ3) is 6.13. The zero-order valence-electron chi connectivity index (χ0n) is 21.6. The van der Waals surface area contributed by atoms with E-state index in [9.17, 15) is 18.4 Å². The number of hydrogen-bond acceptors (Lipinski definition) is 4. The monoisotopic (exact) mass is 599 g/mol. The van der Waals surface area contributed by atoms with Gasteiger partial charge >= 0.3 is 6.61 Å². The Morgan fingerprint density at radius 2 is 1.87 bits per heavy atom. The standard InChI is InChI=1S/C30H28BrF2NO3S/c1-5-18-10-11-19-8-6-7-9-22(19)23(18)17-34-27(16-26(35)30(2,3)4)38-25(28(34)36)15-20-14-21(37-29(32)33)12-13-24(20)31/h6-16,29H,5,17H2,1-4H3/b25-15+,27-16-. The van der Waals surface area contributed by atoms with Crippen molar-refractivity contribution in [1.29, 1.82) is 0 Å². The molecule has 0 saturated heterocycles. The van der Waals surface area contributed by atoms with Crippen LogP contribution in [-0.2, 0) is 17.8 Å². The lowest BCUT2D eigenvalue weighted by molar-refractivity contribution is -0.120. The molecule has 8 heteroatoms. The number of benzene rings is 3. The number of rotatable bonds is 7. The fourth-order valence-electron chi connectivity index (χ4n) is 4.13. The number of ketones is 1. The quantitative estimate of drug-likeness (QED) is 0.252. The van der Waals surface area contributed by atoms with Crippen LogP contribution in [0.4, 0.5) is 8.78 Å². The summed E-state index contributed by atoms with van der Waals surface area (Å²) in [7, 11) is 0. The Labute approximate surface area is 232 Å². The van der Waals surface area contributed by atoms with Crippen molar-refractivity contribution in [3.05, 3.63) is 95.3 Å². The molecule has 0 aliphatic carbocycles. The normalized spacial score (nSPS) is 13.1. The summed E-state index contributed by atoms with van der Waals surface area (Å²) in [5, 5.41) is 2.13. The van der Waals surface area contributed by atoms with Crippen molar-refractivity contribution < 1.29 is 18.3 Å². The predicted octanol–water partition coefficient (Wildman–Crippen LogP) is 6.26. The van der Waals surface area contributed by atoms with E-state index >= 15 is 0 Å². The van der Waals surface area contributed by atoms with Crippen molar-refractivity contribution in [3.63, 3.8) is 0 Å². The molecule has 0 radical (unpaired) electrons. The first kappa shape index (κ1) is 27.9. The minimum Gasteiger partial charge on any atom is -0.435 e. The van der Waals surface area contributed by atoms with Crippen LogP contribution in [0, 0.1) is 5.41 Å². The number of aryl methyl sites for hydroxylation is 1. The van der Waals surface area contributed by atoms with Gasteiger partial charge in [0.1, 0.15) is 10.4 Å². The number of alkyl halides is 2. The summed E-state index contributed by atoms with van der Waals surface area (Å²) < 4.78 is 33.2. The van der Waals surface area contributed by atoms with E-state index in [0.717, 1.165) is 28.3 Å². The molecule has 1 heterocycles. The Balaban J connectivity index is 1.95. The number of carbonyl (C=O) groups is 1. The number of halogens is 3. The van der Waals surface area contributed by atoms with Gasteiger partial charge in [0.15, 0.2) is 5.78 Å². The van der Waals surface area contributed by atoms with Crippen LogP contribution in [0.25, 0.3) is 22.9 Å². The van der Waals surface area contributed by atoms with Crippen molar-refractivity contribution >= 4 is 56.0 Å². The Hall–Kier alpha value is -3.10. The smallest absolute Gasteiger partial charge is 0.387 e. The summed E-state index contributed by atoms with van der Waals surface area (Å²) in [5.41, 5.74) is 1.79. The van der Waals surface area contributed by atoms with Gasteiger partial charge < -0.3 is 4.74 Å². The highest BCUT2D eigenvalue weighted by atomic mass is 79.9. The van der Waals surface area contributed by atoms with Gasteiger partial charge in [-0.2, -0.15) is 8.78 Å². The van der Waals surface area contributed by atoms with E-state index in [1.807, 2.05) is 45.0 Å². The fraction of sp³-hybridized carbons (Fsp3) is 0.267. The predicted molar refractivity (Wildman–Crippen MR) is 154 cm³/mol. The maximum atomic E-state index is 13.8. The number of carbonyl (C=O) groups excluding carboxylic acids is 1. The Morgan fingerprint density at radius 1 is 1.13 bits per heavy atom. The molecule has 0 N–H and O–H groups in total. The van der Waals surface area contributed by atoms with Gasteiger partial charge in [0.2, 0.25) is 0 Å². The maximum Gasteiger partial charge on any atom is 0.387 e. The van der Waals surface area contributed by atoms with Gasteiger partial charge in [0.25, 0.3) is 5.56 Å². The van der Waals surface area contributed by atoms with Gasteiger partial charge in [-0.3, -0.25) is 14.2 Å². The number of thiazole rings is 1. The number of ether oxygens (including phenoxy) is 1. The highest BCUT2D eigenvalue weighted by Crippen LogP contribution is 2.25. The molecule has 4 aromatic rings. The van der Waals surface area contributed by atoms with Crippen LogP contribution in [-0.4, -0.2) is 17.0 Å². The lowest BCUT2D eigenvalue weighted by atomic mass is 9.91. The average Bonchev–Trinajstić information content (AvgIpc) is 3.14. The van der Waals surface area contributed by atoms with Crippen molar-refractivity contribution in [3.8, 4) is 5.75 Å². The minimum atomic E-state index is -2.96. The summed E-state index contributed by atoms with van der Waals surface area (Å²) >= 11 is 4.63. The average molecular weight is 601 g/mol. The van der Waals surface area contributed by atoms with Gasteiger partial charge in [0.05, 0.1) is 11.1 Å². The molecular formula is C30H28BrF2NO3S. The highest BCUT2D eigenvalue weighted by Gasteiger charge is 2.20. The molecular weight excluding hydrogens is 572 g/mol. The maximum absolute atomic E-state index is 13.8. The largest absolute Gasteiger partial charge is 0.435 e. The van der Waals surface area contributed by atoms with Crippen LogP contribution < -0.4 is 19.5 Å². The molecule has 0 aliphatic heterocycles. The molecule has 0 fully saturated rings. The van der Waals surface area contributed by atoms with E-state index in [1.165, 1.54) is 29.5 Å². The fourth-order valence-corrected chi connectivity index (χ4v) is 5.52. The molecule has 198 valence electrons. The number of hydrogen-bond donors (Lipinski definition) is 0. The second-order valence-electron chi connectivity index (χ2n) is 9.94. The number of nitrogens with zero attached hydrogens (tertiary/aromatic N) is 1. The molecule has 0 unspecified atom stereocenters. The molecule has 3 aromatic carbocycles. The van der Waals surface area contributed by atoms with Gasteiger partial charge in [-0.15, -0.1) is 11.3 Å². The lowest BCUT2D eigenvalue weighted by Crippen LogP contribution is -2.33. The number of aromatic nitrogens is 1. The molecule has 0 aliphatic rings. The van der Waals surface area contributed by atoms with E-state index in [-0.39, 0.29) is 17.1 Å².